The van der Waals surface area contributed by atoms with E-state index in [0.29, 0.717) is 23.7 Å². The lowest BCUT2D eigenvalue weighted by molar-refractivity contribution is -0.137. The molecule has 0 saturated carbocycles. The third-order valence-electron chi connectivity index (χ3n) is 3.87. The van der Waals surface area contributed by atoms with E-state index in [4.69, 9.17) is 9.84 Å². The van der Waals surface area contributed by atoms with E-state index in [1.165, 1.54) is 42.6 Å². The molecule has 29 heavy (non-hydrogen) atoms. The summed E-state index contributed by atoms with van der Waals surface area (Å²) in [6, 6.07) is 14.1. The highest BCUT2D eigenvalue weighted by molar-refractivity contribution is 5.87. The number of aromatic nitrogens is 1. The first-order chi connectivity index (χ1) is 13.8. The van der Waals surface area contributed by atoms with E-state index < -0.39 is 17.7 Å². The van der Waals surface area contributed by atoms with E-state index in [0.717, 1.165) is 17.7 Å². The Morgan fingerprint density at radius 2 is 1.72 bits per heavy atom. The summed E-state index contributed by atoms with van der Waals surface area (Å²) >= 11 is 0. The third kappa shape index (κ3) is 5.65. The van der Waals surface area contributed by atoms with Crippen molar-refractivity contribution >= 4 is 12.2 Å². The summed E-state index contributed by atoms with van der Waals surface area (Å²) in [5, 5.41) is 8.87. The average molecular weight is 400 g/mol. The molecule has 8 heteroatoms. The molecule has 0 unspecified atom stereocenters. The summed E-state index contributed by atoms with van der Waals surface area (Å²) in [4.78, 5) is 19.2. The molecule has 0 aliphatic carbocycles. The summed E-state index contributed by atoms with van der Waals surface area (Å²) in [6.45, 7) is 0.307. The Morgan fingerprint density at radius 3 is 2.28 bits per heavy atom. The molecule has 0 fully saturated rings. The van der Waals surface area contributed by atoms with Gasteiger partial charge in [-0.2, -0.15) is 13.2 Å². The van der Waals surface area contributed by atoms with Crippen LogP contribution in [0, 0.1) is 0 Å². The van der Waals surface area contributed by atoms with Crippen LogP contribution >= 0.6 is 0 Å². The molecule has 0 radical (unpaired) electrons. The largest absolute Gasteiger partial charge is 0.478 e. The SMILES string of the molecule is O=C(O)c1ccc(Oc2ccc(CN=Cc3ccc(C(F)(F)F)cc3)cn2)cc1. The Kier molecular flexibility index (Phi) is 5.92. The molecule has 0 saturated heterocycles. The normalized spacial score (nSPS) is 11.6. The van der Waals surface area contributed by atoms with Gasteiger partial charge in [0.05, 0.1) is 17.7 Å². The van der Waals surface area contributed by atoms with Crippen molar-refractivity contribution in [2.75, 3.05) is 0 Å². The predicted octanol–water partition coefficient (Wildman–Crippen LogP) is 5.21. The lowest BCUT2D eigenvalue weighted by Crippen LogP contribution is -2.04. The van der Waals surface area contributed by atoms with Crippen molar-refractivity contribution in [1.82, 2.24) is 4.98 Å². The molecule has 0 spiro atoms. The molecule has 3 rings (SSSR count). The van der Waals surface area contributed by atoms with Crippen LogP contribution in [0.4, 0.5) is 13.2 Å². The Balaban J connectivity index is 1.56. The van der Waals surface area contributed by atoms with Crippen LogP contribution in [-0.2, 0) is 12.7 Å². The summed E-state index contributed by atoms with van der Waals surface area (Å²) in [7, 11) is 0. The minimum atomic E-state index is -4.36. The number of rotatable bonds is 6. The van der Waals surface area contributed by atoms with E-state index in [1.807, 2.05) is 0 Å². The Hall–Kier alpha value is -3.68. The lowest BCUT2D eigenvalue weighted by Gasteiger charge is -2.06. The van der Waals surface area contributed by atoms with Gasteiger partial charge in [0, 0.05) is 18.5 Å². The number of carboxylic acids is 1. The number of carboxylic acid groups (broad SMARTS) is 1. The van der Waals surface area contributed by atoms with E-state index in [1.54, 1.807) is 18.3 Å². The van der Waals surface area contributed by atoms with Gasteiger partial charge >= 0.3 is 12.1 Å². The summed E-state index contributed by atoms with van der Waals surface area (Å²) < 4.78 is 43.2. The zero-order valence-corrected chi connectivity index (χ0v) is 14.9. The van der Waals surface area contributed by atoms with Crippen molar-refractivity contribution in [2.45, 2.75) is 12.7 Å². The molecule has 0 aliphatic heterocycles. The molecule has 5 nitrogen and oxygen atoms in total. The highest BCUT2D eigenvalue weighted by Gasteiger charge is 2.29. The smallest absolute Gasteiger partial charge is 0.416 e. The molecule has 1 heterocycles. The molecular weight excluding hydrogens is 385 g/mol. The number of aromatic carboxylic acids is 1. The Morgan fingerprint density at radius 1 is 1.03 bits per heavy atom. The van der Waals surface area contributed by atoms with Gasteiger partial charge < -0.3 is 9.84 Å². The fraction of sp³-hybridized carbons (Fsp3) is 0.0952. The number of halogens is 3. The maximum Gasteiger partial charge on any atom is 0.416 e. The monoisotopic (exact) mass is 400 g/mol. The standard InChI is InChI=1S/C21H15F3N2O3/c22-21(23,24)17-6-1-14(2-7-17)11-25-12-15-3-10-19(26-13-15)29-18-8-4-16(5-9-18)20(27)28/h1-11,13H,12H2,(H,27,28). The highest BCUT2D eigenvalue weighted by Crippen LogP contribution is 2.28. The van der Waals surface area contributed by atoms with Crippen LogP contribution in [0.25, 0.3) is 0 Å². The molecule has 0 bridgehead atoms. The number of benzene rings is 2. The van der Waals surface area contributed by atoms with Crippen LogP contribution in [-0.4, -0.2) is 22.3 Å². The van der Waals surface area contributed by atoms with Crippen LogP contribution in [0.1, 0.15) is 27.0 Å². The van der Waals surface area contributed by atoms with Gasteiger partial charge in [0.15, 0.2) is 0 Å². The van der Waals surface area contributed by atoms with Gasteiger partial charge in [0.25, 0.3) is 0 Å². The molecule has 2 aromatic carbocycles. The number of hydrogen-bond acceptors (Lipinski definition) is 4. The average Bonchev–Trinajstić information content (AvgIpc) is 2.69. The second-order valence-corrected chi connectivity index (χ2v) is 6.03. The number of ether oxygens (including phenoxy) is 1. The molecule has 1 N–H and O–H groups in total. The lowest BCUT2D eigenvalue weighted by atomic mass is 10.1. The van der Waals surface area contributed by atoms with Gasteiger partial charge in [0.1, 0.15) is 5.75 Å². The fourth-order valence-electron chi connectivity index (χ4n) is 2.37. The Labute approximate surface area is 164 Å². The van der Waals surface area contributed by atoms with Crippen LogP contribution in [0.5, 0.6) is 11.6 Å². The summed E-state index contributed by atoms with van der Waals surface area (Å²) in [5.41, 5.74) is 0.816. The van der Waals surface area contributed by atoms with Gasteiger partial charge in [-0.1, -0.05) is 18.2 Å². The number of aliphatic imine (C=N–C) groups is 1. The van der Waals surface area contributed by atoms with E-state index in [2.05, 4.69) is 9.98 Å². The first-order valence-electron chi connectivity index (χ1n) is 8.44. The predicted molar refractivity (Wildman–Crippen MR) is 100 cm³/mol. The number of pyridine rings is 1. The molecule has 0 amide bonds. The van der Waals surface area contributed by atoms with Crippen LogP contribution in [0.2, 0.25) is 0 Å². The van der Waals surface area contributed by atoms with E-state index in [9.17, 15) is 18.0 Å². The van der Waals surface area contributed by atoms with E-state index >= 15 is 0 Å². The van der Waals surface area contributed by atoms with Crippen molar-refractivity contribution in [2.24, 2.45) is 4.99 Å². The molecule has 0 aliphatic rings. The van der Waals surface area contributed by atoms with Gasteiger partial charge in [0.2, 0.25) is 5.88 Å². The maximum atomic E-state index is 12.5. The highest BCUT2D eigenvalue weighted by atomic mass is 19.4. The number of alkyl halides is 3. The molecule has 1 aromatic heterocycles. The number of nitrogens with zero attached hydrogens (tertiary/aromatic N) is 2. The first-order valence-corrected chi connectivity index (χ1v) is 8.44. The van der Waals surface area contributed by atoms with Gasteiger partial charge in [-0.3, -0.25) is 4.99 Å². The molecule has 3 aromatic rings. The zero-order valence-electron chi connectivity index (χ0n) is 14.9. The molecule has 148 valence electrons. The zero-order chi connectivity index (χ0) is 20.9. The Bertz CT molecular complexity index is 997. The van der Waals surface area contributed by atoms with Crippen molar-refractivity contribution in [1.29, 1.82) is 0 Å². The van der Waals surface area contributed by atoms with Gasteiger partial charge in [-0.15, -0.1) is 0 Å². The maximum absolute atomic E-state index is 12.5. The van der Waals surface area contributed by atoms with Gasteiger partial charge in [-0.05, 0) is 47.5 Å². The molecular formula is C21H15F3N2O3. The van der Waals surface area contributed by atoms with Crippen LogP contribution in [0.3, 0.4) is 0 Å². The van der Waals surface area contributed by atoms with Gasteiger partial charge in [-0.25, -0.2) is 9.78 Å². The first kappa shape index (κ1) is 20.1. The minimum absolute atomic E-state index is 0.159. The quantitative estimate of drug-likeness (QED) is 0.577. The van der Waals surface area contributed by atoms with Crippen LogP contribution in [0.15, 0.2) is 71.9 Å². The fourth-order valence-corrected chi connectivity index (χ4v) is 2.37. The topological polar surface area (TPSA) is 71.8 Å². The van der Waals surface area contributed by atoms with Crippen molar-refractivity contribution in [3.05, 3.63) is 89.1 Å². The van der Waals surface area contributed by atoms with Crippen molar-refractivity contribution < 1.29 is 27.8 Å². The molecule has 0 atom stereocenters. The second kappa shape index (κ2) is 8.55. The summed E-state index contributed by atoms with van der Waals surface area (Å²) in [6.07, 6.45) is -1.29. The minimum Gasteiger partial charge on any atom is -0.478 e. The van der Waals surface area contributed by atoms with Crippen molar-refractivity contribution in [3.8, 4) is 11.6 Å². The number of carbonyl (C=O) groups is 1. The van der Waals surface area contributed by atoms with Crippen LogP contribution < -0.4 is 4.74 Å². The second-order valence-electron chi connectivity index (χ2n) is 6.03. The summed E-state index contributed by atoms with van der Waals surface area (Å²) in [5.74, 6) is -0.227. The third-order valence-corrected chi connectivity index (χ3v) is 3.87. The number of hydrogen-bond donors (Lipinski definition) is 1. The van der Waals surface area contributed by atoms with E-state index in [-0.39, 0.29) is 5.56 Å². The van der Waals surface area contributed by atoms with Crippen molar-refractivity contribution in [3.63, 3.8) is 0 Å².